The number of amides is 2. The van der Waals surface area contributed by atoms with E-state index in [2.05, 4.69) is 10.6 Å². The number of hydrogen-bond donors (Lipinski definition) is 2. The van der Waals surface area contributed by atoms with E-state index < -0.39 is 22.7 Å². The largest absolute Gasteiger partial charge is 0.328 e. The first kappa shape index (κ1) is 21.0. The normalized spacial score (nSPS) is 12.1. The lowest BCUT2D eigenvalue weighted by atomic mass is 10.1. The third kappa shape index (κ3) is 4.46. The number of hydrogen-bond acceptors (Lipinski definition) is 2. The number of halogens is 3. The first-order valence-electron chi connectivity index (χ1n) is 8.74. The molecule has 0 fully saturated rings. The van der Waals surface area contributed by atoms with E-state index in [1.54, 1.807) is 30.8 Å². The van der Waals surface area contributed by atoms with Crippen LogP contribution < -0.4 is 16.2 Å². The van der Waals surface area contributed by atoms with E-state index in [-0.39, 0.29) is 11.2 Å². The van der Waals surface area contributed by atoms with Gasteiger partial charge in [-0.05, 0) is 36.8 Å². The number of alkyl halides is 2. The van der Waals surface area contributed by atoms with Crippen LogP contribution in [0, 0.1) is 12.7 Å². The highest BCUT2D eigenvalue weighted by atomic mass is 35.5. The summed E-state index contributed by atoms with van der Waals surface area (Å²) >= 11 is 12.0. The topological polar surface area (TPSA) is 68.1 Å². The average molecular weight is 437 g/mol. The maximum atomic E-state index is 13.2. The minimum atomic E-state index is -0.982. The van der Waals surface area contributed by atoms with Gasteiger partial charge in [0.05, 0.1) is 17.4 Å². The Labute approximate surface area is 176 Å². The second-order valence-corrected chi connectivity index (χ2v) is 7.56. The van der Waals surface area contributed by atoms with E-state index >= 15 is 0 Å². The smallest absolute Gasteiger partial charge is 0.320 e. The molecule has 0 bridgehead atoms. The van der Waals surface area contributed by atoms with Gasteiger partial charge in [-0.2, -0.15) is 0 Å². The summed E-state index contributed by atoms with van der Waals surface area (Å²) in [6, 6.07) is 13.1. The fourth-order valence-electron chi connectivity index (χ4n) is 2.97. The Hall–Kier alpha value is -2.77. The highest BCUT2D eigenvalue weighted by Crippen LogP contribution is 2.25. The molecule has 1 heterocycles. The van der Waals surface area contributed by atoms with Gasteiger partial charge in [0, 0.05) is 7.05 Å². The van der Waals surface area contributed by atoms with Crippen molar-refractivity contribution in [3.63, 3.8) is 0 Å². The first-order valence-corrected chi connectivity index (χ1v) is 9.62. The monoisotopic (exact) mass is 436 g/mol. The predicted octanol–water partition coefficient (Wildman–Crippen LogP) is 4.29. The summed E-state index contributed by atoms with van der Waals surface area (Å²) in [4.78, 5) is 24.5. The van der Waals surface area contributed by atoms with E-state index in [1.807, 2.05) is 18.2 Å². The molecule has 0 radical (unpaired) electrons. The number of carbonyl (C=O) groups excluding carboxylic acids is 1. The Kier molecular flexibility index (Phi) is 6.30. The van der Waals surface area contributed by atoms with Crippen molar-refractivity contribution >= 4 is 34.9 Å². The summed E-state index contributed by atoms with van der Waals surface area (Å²) in [6.45, 7) is 1.72. The quantitative estimate of drug-likeness (QED) is 0.585. The minimum absolute atomic E-state index is 0.132. The first-order chi connectivity index (χ1) is 13.8. The summed E-state index contributed by atoms with van der Waals surface area (Å²) in [6.07, 6.45) is 0. The minimum Gasteiger partial charge on any atom is -0.328 e. The van der Waals surface area contributed by atoms with E-state index in [0.29, 0.717) is 16.9 Å². The zero-order valence-electron chi connectivity index (χ0n) is 15.7. The van der Waals surface area contributed by atoms with Gasteiger partial charge in [0.1, 0.15) is 16.3 Å². The summed E-state index contributed by atoms with van der Waals surface area (Å²) in [7, 11) is 1.72. The molecule has 2 amide bonds. The van der Waals surface area contributed by atoms with Gasteiger partial charge in [-0.1, -0.05) is 30.3 Å². The van der Waals surface area contributed by atoms with Crippen LogP contribution >= 0.6 is 23.2 Å². The molecule has 0 aliphatic heterocycles. The van der Waals surface area contributed by atoms with Gasteiger partial charge in [0.15, 0.2) is 0 Å². The van der Waals surface area contributed by atoms with Crippen LogP contribution in [-0.4, -0.2) is 20.2 Å². The molecule has 0 aliphatic carbocycles. The predicted molar refractivity (Wildman–Crippen MR) is 113 cm³/mol. The molecule has 6 nitrogen and oxygen atoms in total. The van der Waals surface area contributed by atoms with Crippen molar-refractivity contribution in [2.45, 2.75) is 17.8 Å². The number of aromatic nitrogens is 2. The third-order valence-electron chi connectivity index (χ3n) is 4.56. The Morgan fingerprint density at radius 2 is 1.69 bits per heavy atom. The standard InChI is InChI=1S/C20H19Cl2FN4O2/c1-12-16(19(28)27(26(12)2)15-6-4-3-5-7-15)24-20(29)25-17(18(21)22)13-8-10-14(23)11-9-13/h3-11,17-18H,1-2H3,(H2,24,25,29). The zero-order valence-corrected chi connectivity index (χ0v) is 17.2. The van der Waals surface area contributed by atoms with Crippen LogP contribution in [0.5, 0.6) is 0 Å². The molecule has 3 aromatic rings. The maximum absolute atomic E-state index is 13.2. The molecule has 0 aliphatic rings. The van der Waals surface area contributed by atoms with Crippen molar-refractivity contribution in [1.29, 1.82) is 0 Å². The van der Waals surface area contributed by atoms with Gasteiger partial charge in [0.25, 0.3) is 5.56 Å². The molecule has 2 aromatic carbocycles. The number of urea groups is 1. The van der Waals surface area contributed by atoms with Crippen molar-refractivity contribution in [2.75, 3.05) is 5.32 Å². The summed E-state index contributed by atoms with van der Waals surface area (Å²) < 4.78 is 16.3. The molecule has 29 heavy (non-hydrogen) atoms. The van der Waals surface area contributed by atoms with Crippen LogP contribution in [0.25, 0.3) is 5.69 Å². The lowest BCUT2D eigenvalue weighted by Crippen LogP contribution is -2.36. The molecular formula is C20H19Cl2FN4O2. The average Bonchev–Trinajstić information content (AvgIpc) is 2.90. The van der Waals surface area contributed by atoms with Crippen LogP contribution in [0.4, 0.5) is 14.9 Å². The second-order valence-electron chi connectivity index (χ2n) is 6.40. The van der Waals surface area contributed by atoms with Gasteiger partial charge in [-0.15, -0.1) is 23.2 Å². The third-order valence-corrected chi connectivity index (χ3v) is 5.06. The van der Waals surface area contributed by atoms with Crippen molar-refractivity contribution in [1.82, 2.24) is 14.7 Å². The van der Waals surface area contributed by atoms with Crippen LogP contribution in [0.2, 0.25) is 0 Å². The molecule has 0 saturated heterocycles. The molecule has 2 N–H and O–H groups in total. The summed E-state index contributed by atoms with van der Waals surface area (Å²) in [5, 5.41) is 5.21. The van der Waals surface area contributed by atoms with Gasteiger partial charge in [-0.25, -0.2) is 13.9 Å². The van der Waals surface area contributed by atoms with E-state index in [9.17, 15) is 14.0 Å². The van der Waals surface area contributed by atoms with Crippen LogP contribution in [0.3, 0.4) is 0 Å². The van der Waals surface area contributed by atoms with Gasteiger partial charge in [0.2, 0.25) is 0 Å². The molecule has 0 spiro atoms. The maximum Gasteiger partial charge on any atom is 0.320 e. The Morgan fingerprint density at radius 3 is 2.28 bits per heavy atom. The molecule has 1 aromatic heterocycles. The number of benzene rings is 2. The summed E-state index contributed by atoms with van der Waals surface area (Å²) in [5.74, 6) is -0.418. The van der Waals surface area contributed by atoms with Crippen molar-refractivity contribution in [3.05, 3.63) is 82.0 Å². The zero-order chi connectivity index (χ0) is 21.1. The number of rotatable bonds is 5. The Bertz CT molecular complexity index is 1060. The Morgan fingerprint density at radius 1 is 1.07 bits per heavy atom. The highest BCUT2D eigenvalue weighted by Gasteiger charge is 2.24. The van der Waals surface area contributed by atoms with Crippen LogP contribution in [-0.2, 0) is 7.05 Å². The van der Waals surface area contributed by atoms with E-state index in [0.717, 1.165) is 0 Å². The van der Waals surface area contributed by atoms with Crippen molar-refractivity contribution in [2.24, 2.45) is 7.05 Å². The summed E-state index contributed by atoms with van der Waals surface area (Å²) in [5.41, 5.74) is 1.52. The fourth-order valence-corrected chi connectivity index (χ4v) is 3.38. The van der Waals surface area contributed by atoms with Gasteiger partial charge in [-0.3, -0.25) is 9.48 Å². The number of anilines is 1. The molecule has 0 saturated carbocycles. The molecule has 1 unspecified atom stereocenters. The lowest BCUT2D eigenvalue weighted by Gasteiger charge is -2.20. The van der Waals surface area contributed by atoms with E-state index in [1.165, 1.54) is 28.9 Å². The van der Waals surface area contributed by atoms with E-state index in [4.69, 9.17) is 23.2 Å². The number of nitrogens with one attached hydrogen (secondary N) is 2. The Balaban J connectivity index is 1.85. The van der Waals surface area contributed by atoms with Crippen LogP contribution in [0.1, 0.15) is 17.3 Å². The van der Waals surface area contributed by atoms with Crippen LogP contribution in [0.15, 0.2) is 59.4 Å². The molecular weight excluding hydrogens is 418 g/mol. The van der Waals surface area contributed by atoms with Crippen molar-refractivity contribution < 1.29 is 9.18 Å². The molecule has 9 heteroatoms. The van der Waals surface area contributed by atoms with Gasteiger partial charge >= 0.3 is 6.03 Å². The SMILES string of the molecule is Cc1c(NC(=O)NC(c2ccc(F)cc2)C(Cl)Cl)c(=O)n(-c2ccccc2)n1C. The molecule has 152 valence electrons. The lowest BCUT2D eigenvalue weighted by molar-refractivity contribution is 0.249. The highest BCUT2D eigenvalue weighted by molar-refractivity contribution is 6.44. The molecule has 3 rings (SSSR count). The van der Waals surface area contributed by atoms with Crippen molar-refractivity contribution in [3.8, 4) is 5.69 Å². The fraction of sp³-hybridized carbons (Fsp3) is 0.200. The van der Waals surface area contributed by atoms with Gasteiger partial charge < -0.3 is 10.6 Å². The second kappa shape index (κ2) is 8.71. The number of nitrogens with zero attached hydrogens (tertiary/aromatic N) is 2. The molecule has 1 atom stereocenters. The number of para-hydroxylation sites is 1. The number of carbonyl (C=O) groups is 1.